The predicted molar refractivity (Wildman–Crippen MR) is 105 cm³/mol. The molecule has 1 saturated heterocycles. The van der Waals surface area contributed by atoms with E-state index < -0.39 is 0 Å². The number of carbonyl (C=O) groups excluding carboxylic acids is 1. The van der Waals surface area contributed by atoms with Crippen LogP contribution in [0.25, 0.3) is 0 Å². The second-order valence-electron chi connectivity index (χ2n) is 7.66. The maximum absolute atomic E-state index is 13.0. The normalized spacial score (nSPS) is 19.4. The third kappa shape index (κ3) is 5.82. The van der Waals surface area contributed by atoms with Crippen LogP contribution in [0.4, 0.5) is 0 Å². The van der Waals surface area contributed by atoms with Crippen molar-refractivity contribution in [3.63, 3.8) is 0 Å². The molecule has 4 nitrogen and oxygen atoms in total. The van der Waals surface area contributed by atoms with E-state index in [1.54, 1.807) is 0 Å². The van der Waals surface area contributed by atoms with Crippen molar-refractivity contribution in [3.8, 4) is 0 Å². The van der Waals surface area contributed by atoms with Crippen LogP contribution in [0.1, 0.15) is 58.4 Å². The summed E-state index contributed by atoms with van der Waals surface area (Å²) < 4.78 is 0. The van der Waals surface area contributed by atoms with Crippen molar-refractivity contribution in [2.75, 3.05) is 19.6 Å². The summed E-state index contributed by atoms with van der Waals surface area (Å²) in [5.74, 6) is 0.0473. The van der Waals surface area contributed by atoms with Crippen LogP contribution in [0.5, 0.6) is 0 Å². The Hall–Kier alpha value is -1.39. The van der Waals surface area contributed by atoms with E-state index in [1.807, 2.05) is 18.2 Å². The molecule has 1 aliphatic rings. The first-order valence-electron chi connectivity index (χ1n) is 9.82. The number of nitrogens with one attached hydrogen (secondary N) is 2. The Bertz CT molecular complexity index is 501. The molecular formula is C21H35N3O. The van der Waals surface area contributed by atoms with Gasteiger partial charge in [0, 0.05) is 31.2 Å². The van der Waals surface area contributed by atoms with E-state index >= 15 is 0 Å². The fourth-order valence-electron chi connectivity index (χ4n) is 3.92. The Balaban J connectivity index is 2.00. The lowest BCUT2D eigenvalue weighted by atomic mass is 9.86. The summed E-state index contributed by atoms with van der Waals surface area (Å²) in [6, 6.07) is 11.4. The first-order valence-corrected chi connectivity index (χ1v) is 9.82. The molecule has 0 radical (unpaired) electrons. The summed E-state index contributed by atoms with van der Waals surface area (Å²) in [5.41, 5.74) is 1.11. The first kappa shape index (κ1) is 19.9. The van der Waals surface area contributed by atoms with Gasteiger partial charge < -0.3 is 10.6 Å². The SMILES string of the molecule is CC(C)N(CCNC(=O)[C@H](c1ccccc1)[C@@H]1CCCCN1)C(C)C. The second kappa shape index (κ2) is 9.93. The second-order valence-corrected chi connectivity index (χ2v) is 7.66. The minimum Gasteiger partial charge on any atom is -0.354 e. The molecule has 1 amide bonds. The molecule has 0 aliphatic carbocycles. The maximum Gasteiger partial charge on any atom is 0.229 e. The Morgan fingerprint density at radius 2 is 1.84 bits per heavy atom. The Morgan fingerprint density at radius 3 is 2.40 bits per heavy atom. The zero-order valence-corrected chi connectivity index (χ0v) is 16.3. The highest BCUT2D eigenvalue weighted by molar-refractivity contribution is 5.84. The number of piperidine rings is 1. The van der Waals surface area contributed by atoms with Crippen molar-refractivity contribution < 1.29 is 4.79 Å². The zero-order chi connectivity index (χ0) is 18.2. The summed E-state index contributed by atoms with van der Waals surface area (Å²) in [5, 5.41) is 6.76. The topological polar surface area (TPSA) is 44.4 Å². The van der Waals surface area contributed by atoms with Crippen LogP contribution < -0.4 is 10.6 Å². The van der Waals surface area contributed by atoms with E-state index in [9.17, 15) is 4.79 Å². The molecule has 4 heteroatoms. The Kier molecular flexibility index (Phi) is 7.91. The number of rotatable bonds is 8. The smallest absolute Gasteiger partial charge is 0.229 e. The molecule has 1 heterocycles. The van der Waals surface area contributed by atoms with Crippen LogP contribution in [-0.4, -0.2) is 48.6 Å². The fourth-order valence-corrected chi connectivity index (χ4v) is 3.92. The average molecular weight is 346 g/mol. The molecule has 2 rings (SSSR count). The molecular weight excluding hydrogens is 310 g/mol. The standard InChI is InChI=1S/C21H35N3O/c1-16(2)24(17(3)4)15-14-23-21(25)20(18-10-6-5-7-11-18)19-12-8-9-13-22-19/h5-7,10-11,16-17,19-20,22H,8-9,12-15H2,1-4H3,(H,23,25)/t19-,20+/m0/s1. The van der Waals surface area contributed by atoms with Crippen molar-refractivity contribution in [3.05, 3.63) is 35.9 Å². The number of benzene rings is 1. The van der Waals surface area contributed by atoms with Crippen molar-refractivity contribution in [2.24, 2.45) is 0 Å². The van der Waals surface area contributed by atoms with E-state index in [1.165, 1.54) is 12.8 Å². The molecule has 140 valence electrons. The minimum absolute atomic E-state index is 0.104. The lowest BCUT2D eigenvalue weighted by molar-refractivity contribution is -0.123. The first-order chi connectivity index (χ1) is 12.0. The van der Waals surface area contributed by atoms with E-state index in [4.69, 9.17) is 0 Å². The van der Waals surface area contributed by atoms with Gasteiger partial charge >= 0.3 is 0 Å². The molecule has 0 saturated carbocycles. The van der Waals surface area contributed by atoms with Gasteiger partial charge in [-0.25, -0.2) is 0 Å². The molecule has 25 heavy (non-hydrogen) atoms. The van der Waals surface area contributed by atoms with Gasteiger partial charge in [0.1, 0.15) is 0 Å². The summed E-state index contributed by atoms with van der Waals surface area (Å²) in [7, 11) is 0. The quantitative estimate of drug-likeness (QED) is 0.761. The molecule has 0 aromatic heterocycles. The summed E-state index contributed by atoms with van der Waals surface area (Å²) >= 11 is 0. The van der Waals surface area contributed by atoms with Gasteiger partial charge in [-0.15, -0.1) is 0 Å². The van der Waals surface area contributed by atoms with E-state index in [2.05, 4.69) is 55.4 Å². The van der Waals surface area contributed by atoms with Gasteiger partial charge in [-0.2, -0.15) is 0 Å². The molecule has 2 N–H and O–H groups in total. The highest BCUT2D eigenvalue weighted by Gasteiger charge is 2.30. The maximum atomic E-state index is 13.0. The van der Waals surface area contributed by atoms with Crippen LogP contribution in [0.3, 0.4) is 0 Å². The van der Waals surface area contributed by atoms with Gasteiger partial charge in [0.05, 0.1) is 5.92 Å². The molecule has 0 unspecified atom stereocenters. The van der Waals surface area contributed by atoms with Crippen molar-refractivity contribution >= 4 is 5.91 Å². The Labute approximate surface area is 153 Å². The van der Waals surface area contributed by atoms with Gasteiger partial charge in [-0.3, -0.25) is 9.69 Å². The number of hydrogen-bond donors (Lipinski definition) is 2. The molecule has 0 bridgehead atoms. The van der Waals surface area contributed by atoms with Gasteiger partial charge in [0.2, 0.25) is 5.91 Å². The molecule has 1 fully saturated rings. The summed E-state index contributed by atoms with van der Waals surface area (Å²) in [6.45, 7) is 11.4. The molecule has 2 atom stereocenters. The van der Waals surface area contributed by atoms with E-state index in [0.29, 0.717) is 18.6 Å². The van der Waals surface area contributed by atoms with Crippen LogP contribution >= 0.6 is 0 Å². The van der Waals surface area contributed by atoms with E-state index in [0.717, 1.165) is 25.1 Å². The number of hydrogen-bond acceptors (Lipinski definition) is 3. The zero-order valence-electron chi connectivity index (χ0n) is 16.3. The van der Waals surface area contributed by atoms with Crippen molar-refractivity contribution in [1.82, 2.24) is 15.5 Å². The summed E-state index contributed by atoms with van der Waals surface area (Å²) in [4.78, 5) is 15.4. The molecule has 1 aromatic rings. The third-order valence-corrected chi connectivity index (χ3v) is 5.19. The van der Waals surface area contributed by atoms with Crippen LogP contribution in [-0.2, 0) is 4.79 Å². The summed E-state index contributed by atoms with van der Waals surface area (Å²) in [6.07, 6.45) is 3.47. The fraction of sp³-hybridized carbons (Fsp3) is 0.667. The highest BCUT2D eigenvalue weighted by atomic mass is 16.1. The van der Waals surface area contributed by atoms with Gasteiger partial charge in [-0.05, 0) is 52.6 Å². The number of amides is 1. The molecule has 0 spiro atoms. The highest BCUT2D eigenvalue weighted by Crippen LogP contribution is 2.25. The largest absolute Gasteiger partial charge is 0.354 e. The van der Waals surface area contributed by atoms with Gasteiger partial charge in [0.15, 0.2) is 0 Å². The molecule has 1 aliphatic heterocycles. The Morgan fingerprint density at radius 1 is 1.16 bits per heavy atom. The van der Waals surface area contributed by atoms with Crippen LogP contribution in [0, 0.1) is 0 Å². The third-order valence-electron chi connectivity index (χ3n) is 5.19. The lowest BCUT2D eigenvalue weighted by Crippen LogP contribution is -2.47. The monoisotopic (exact) mass is 345 g/mol. The van der Waals surface area contributed by atoms with Crippen molar-refractivity contribution in [1.29, 1.82) is 0 Å². The molecule has 1 aromatic carbocycles. The van der Waals surface area contributed by atoms with Crippen LogP contribution in [0.15, 0.2) is 30.3 Å². The predicted octanol–water partition coefficient (Wildman–Crippen LogP) is 3.15. The van der Waals surface area contributed by atoms with Crippen LogP contribution in [0.2, 0.25) is 0 Å². The van der Waals surface area contributed by atoms with E-state index in [-0.39, 0.29) is 17.9 Å². The van der Waals surface area contributed by atoms with Gasteiger partial charge in [0.25, 0.3) is 0 Å². The number of carbonyl (C=O) groups is 1. The lowest BCUT2D eigenvalue weighted by Gasteiger charge is -2.32. The van der Waals surface area contributed by atoms with Gasteiger partial charge in [-0.1, -0.05) is 36.8 Å². The average Bonchev–Trinajstić information content (AvgIpc) is 2.60. The van der Waals surface area contributed by atoms with Crippen molar-refractivity contribution in [2.45, 2.75) is 71.0 Å². The number of nitrogens with zero attached hydrogens (tertiary/aromatic N) is 1. The minimum atomic E-state index is -0.104.